The molecule has 0 amide bonds. The molecule has 6 nitrogen and oxygen atoms in total. The van der Waals surface area contributed by atoms with Gasteiger partial charge >= 0.3 is 0 Å². The van der Waals surface area contributed by atoms with Gasteiger partial charge in [0.15, 0.2) is 5.58 Å². The maximum atomic E-state index is 12.3. The summed E-state index contributed by atoms with van der Waals surface area (Å²) >= 11 is 12.3. The largest absolute Gasteiger partial charge is 0.454 e. The van der Waals surface area contributed by atoms with Crippen molar-refractivity contribution in [2.24, 2.45) is 5.14 Å². The summed E-state index contributed by atoms with van der Waals surface area (Å²) in [4.78, 5) is 14.9. The molecule has 0 atom stereocenters. The van der Waals surface area contributed by atoms with Crippen LogP contribution in [0.1, 0.15) is 0 Å². The van der Waals surface area contributed by atoms with Crippen LogP contribution in [-0.2, 0) is 10.0 Å². The number of sulfonamides is 1. The number of aromatic amines is 1. The van der Waals surface area contributed by atoms with Crippen LogP contribution in [0.3, 0.4) is 0 Å². The van der Waals surface area contributed by atoms with Crippen LogP contribution in [0.2, 0.25) is 10.0 Å². The minimum Gasteiger partial charge on any atom is -0.454 e. The van der Waals surface area contributed by atoms with Crippen molar-refractivity contribution in [2.75, 3.05) is 0 Å². The number of primary sulfonamides is 1. The van der Waals surface area contributed by atoms with E-state index >= 15 is 0 Å². The summed E-state index contributed by atoms with van der Waals surface area (Å²) in [5.41, 5.74) is 1.39. The van der Waals surface area contributed by atoms with Gasteiger partial charge in [0, 0.05) is 10.4 Å². The SMILES string of the molecule is NS(=O)(=O)c1cccc(-c2c(Cl)c(=O)[nH]c3c2oc2ccc(Cl)cc23)c1. The second-order valence-corrected chi connectivity index (χ2v) is 8.04. The Labute approximate surface area is 157 Å². The highest BCUT2D eigenvalue weighted by molar-refractivity contribution is 7.89. The molecule has 9 heteroatoms. The van der Waals surface area contributed by atoms with Gasteiger partial charge in [-0.15, -0.1) is 0 Å². The lowest BCUT2D eigenvalue weighted by molar-refractivity contribution is 0.598. The van der Waals surface area contributed by atoms with E-state index in [4.69, 9.17) is 32.8 Å². The monoisotopic (exact) mass is 408 g/mol. The first-order chi connectivity index (χ1) is 12.3. The predicted octanol–water partition coefficient (Wildman–Crippen LogP) is 3.90. The second-order valence-electron chi connectivity index (χ2n) is 5.66. The molecule has 26 heavy (non-hydrogen) atoms. The Balaban J connectivity index is 2.14. The molecule has 132 valence electrons. The Morgan fingerprint density at radius 2 is 1.85 bits per heavy atom. The molecule has 4 rings (SSSR count). The molecule has 2 aromatic carbocycles. The third-order valence-electron chi connectivity index (χ3n) is 3.99. The lowest BCUT2D eigenvalue weighted by Gasteiger charge is -2.07. The van der Waals surface area contributed by atoms with E-state index in [0.717, 1.165) is 0 Å². The van der Waals surface area contributed by atoms with Crippen molar-refractivity contribution >= 4 is 55.3 Å². The summed E-state index contributed by atoms with van der Waals surface area (Å²) in [5, 5.41) is 6.18. The Morgan fingerprint density at radius 1 is 1.08 bits per heavy atom. The Hall–Kier alpha value is -2.32. The Bertz CT molecular complexity index is 1360. The fraction of sp³-hybridized carbons (Fsp3) is 0. The summed E-state index contributed by atoms with van der Waals surface area (Å²) < 4.78 is 29.2. The van der Waals surface area contributed by atoms with Crippen molar-refractivity contribution in [2.45, 2.75) is 4.90 Å². The van der Waals surface area contributed by atoms with E-state index in [1.165, 1.54) is 18.2 Å². The second kappa shape index (κ2) is 5.85. The molecule has 0 fully saturated rings. The molecule has 0 aliphatic carbocycles. The summed E-state index contributed by atoms with van der Waals surface area (Å²) in [7, 11) is -3.92. The van der Waals surface area contributed by atoms with Crippen LogP contribution in [0.5, 0.6) is 0 Å². The van der Waals surface area contributed by atoms with E-state index in [2.05, 4.69) is 4.98 Å². The first-order valence-electron chi connectivity index (χ1n) is 7.32. The molecule has 2 aromatic heterocycles. The average Bonchev–Trinajstić information content (AvgIpc) is 2.92. The molecule has 0 saturated carbocycles. The zero-order valence-electron chi connectivity index (χ0n) is 12.9. The quantitative estimate of drug-likeness (QED) is 0.524. The van der Waals surface area contributed by atoms with E-state index in [1.807, 2.05) is 0 Å². The number of furan rings is 1. The normalized spacial score (nSPS) is 12.1. The van der Waals surface area contributed by atoms with Gasteiger partial charge in [-0.05, 0) is 35.9 Å². The van der Waals surface area contributed by atoms with Crippen molar-refractivity contribution in [3.05, 3.63) is 62.9 Å². The van der Waals surface area contributed by atoms with E-state index in [-0.39, 0.29) is 15.5 Å². The van der Waals surface area contributed by atoms with Gasteiger partial charge in [0.05, 0.1) is 16.0 Å². The van der Waals surface area contributed by atoms with Gasteiger partial charge in [0.2, 0.25) is 10.0 Å². The van der Waals surface area contributed by atoms with Crippen LogP contribution in [0.4, 0.5) is 0 Å². The molecule has 0 aliphatic rings. The number of hydrogen-bond acceptors (Lipinski definition) is 4. The van der Waals surface area contributed by atoms with Gasteiger partial charge in [-0.3, -0.25) is 4.79 Å². The third-order valence-corrected chi connectivity index (χ3v) is 5.49. The topological polar surface area (TPSA) is 106 Å². The fourth-order valence-corrected chi connectivity index (χ4v) is 3.81. The molecular weight excluding hydrogens is 399 g/mol. The Morgan fingerprint density at radius 3 is 2.58 bits per heavy atom. The summed E-state index contributed by atoms with van der Waals surface area (Å²) in [5.74, 6) is 0. The molecule has 0 unspecified atom stereocenters. The number of benzene rings is 2. The zero-order valence-corrected chi connectivity index (χ0v) is 15.2. The molecule has 0 aliphatic heterocycles. The van der Waals surface area contributed by atoms with Crippen LogP contribution in [0.25, 0.3) is 33.2 Å². The van der Waals surface area contributed by atoms with E-state index < -0.39 is 15.6 Å². The van der Waals surface area contributed by atoms with E-state index in [0.29, 0.717) is 32.7 Å². The maximum Gasteiger partial charge on any atom is 0.268 e. The van der Waals surface area contributed by atoms with Crippen LogP contribution in [-0.4, -0.2) is 13.4 Å². The maximum absolute atomic E-state index is 12.3. The first kappa shape index (κ1) is 17.1. The smallest absolute Gasteiger partial charge is 0.268 e. The number of H-pyrrole nitrogens is 1. The minimum absolute atomic E-state index is 0.0985. The van der Waals surface area contributed by atoms with Crippen molar-refractivity contribution in [3.63, 3.8) is 0 Å². The van der Waals surface area contributed by atoms with E-state index in [1.54, 1.807) is 24.3 Å². The highest BCUT2D eigenvalue weighted by Crippen LogP contribution is 2.38. The van der Waals surface area contributed by atoms with Gasteiger partial charge < -0.3 is 9.40 Å². The van der Waals surface area contributed by atoms with Crippen LogP contribution >= 0.6 is 23.2 Å². The van der Waals surface area contributed by atoms with Gasteiger partial charge in [-0.1, -0.05) is 35.3 Å². The van der Waals surface area contributed by atoms with Crippen molar-refractivity contribution in [1.29, 1.82) is 0 Å². The number of nitrogens with two attached hydrogens (primary N) is 1. The summed E-state index contributed by atoms with van der Waals surface area (Å²) in [6.45, 7) is 0. The highest BCUT2D eigenvalue weighted by Gasteiger charge is 2.20. The Kier molecular flexibility index (Phi) is 3.85. The predicted molar refractivity (Wildman–Crippen MR) is 101 cm³/mol. The zero-order chi connectivity index (χ0) is 18.6. The van der Waals surface area contributed by atoms with Crippen LogP contribution < -0.4 is 10.7 Å². The minimum atomic E-state index is -3.92. The van der Waals surface area contributed by atoms with Crippen molar-refractivity contribution < 1.29 is 12.8 Å². The van der Waals surface area contributed by atoms with Crippen LogP contribution in [0.15, 0.2) is 56.6 Å². The molecule has 4 aromatic rings. The number of aromatic nitrogens is 1. The van der Waals surface area contributed by atoms with E-state index in [9.17, 15) is 13.2 Å². The molecule has 3 N–H and O–H groups in total. The van der Waals surface area contributed by atoms with Gasteiger partial charge in [0.1, 0.15) is 10.6 Å². The molecule has 0 bridgehead atoms. The molecule has 0 radical (unpaired) electrons. The fourth-order valence-electron chi connectivity index (χ4n) is 2.84. The molecule has 0 spiro atoms. The molecule has 0 saturated heterocycles. The number of halogens is 2. The lowest BCUT2D eigenvalue weighted by Crippen LogP contribution is -2.12. The third kappa shape index (κ3) is 2.69. The summed E-state index contributed by atoms with van der Waals surface area (Å²) in [6.07, 6.45) is 0. The number of hydrogen-bond donors (Lipinski definition) is 2. The molecule has 2 heterocycles. The van der Waals surface area contributed by atoms with Crippen molar-refractivity contribution in [3.8, 4) is 11.1 Å². The number of fused-ring (bicyclic) bond motifs is 3. The van der Waals surface area contributed by atoms with Gasteiger partial charge in [-0.25, -0.2) is 13.6 Å². The number of pyridine rings is 1. The number of rotatable bonds is 2. The van der Waals surface area contributed by atoms with Crippen molar-refractivity contribution in [1.82, 2.24) is 4.98 Å². The van der Waals surface area contributed by atoms with Gasteiger partial charge in [-0.2, -0.15) is 0 Å². The number of nitrogens with one attached hydrogen (secondary N) is 1. The first-order valence-corrected chi connectivity index (χ1v) is 9.63. The standard InChI is InChI=1S/C17H10Cl2N2O4S/c18-9-4-5-12-11(7-9)15-16(25-12)13(14(19)17(22)21-15)8-2-1-3-10(6-8)26(20,23)24/h1-7H,(H,21,22)(H2,20,23,24). The van der Waals surface area contributed by atoms with Gasteiger partial charge in [0.25, 0.3) is 5.56 Å². The average molecular weight is 409 g/mol. The van der Waals surface area contributed by atoms with Crippen LogP contribution in [0, 0.1) is 0 Å². The lowest BCUT2D eigenvalue weighted by atomic mass is 10.1. The summed E-state index contributed by atoms with van der Waals surface area (Å²) in [6, 6.07) is 10.8. The highest BCUT2D eigenvalue weighted by atomic mass is 35.5. The molecular formula is C17H10Cl2N2O4S.